The summed E-state index contributed by atoms with van der Waals surface area (Å²) in [5.74, 6) is -3.34. The number of nitrogens with zero attached hydrogens (tertiary/aromatic N) is 8. The van der Waals surface area contributed by atoms with Crippen LogP contribution in [0.5, 0.6) is 0 Å². The number of aromatic carboxylic acids is 1. The molecule has 2 amide bonds. The summed E-state index contributed by atoms with van der Waals surface area (Å²) in [5, 5.41) is 48.1. The standard InChI is InChI=1S/C22H22F3N5O3.C17H16N4O3.C4H7F3N2O/c1-13-8-19(30(3)28-13)21(2)10-17(29-33-21)14-4-5-16(15(9-14)11-26)18(31)6-7-20(32)27-12-22(23,24)25;1-10-6-15(21(3)19-10)17(2)8-14(20-24-17)11-4-5-13(16(22)23)12(7-11)9-18;5-4(6,7)2-9-3(10)1-8/h4-5,8-9H,6-7,10,12H2,1-3H3,(H,27,32);4-7H,8H2,1-3H3,(H,22,23);1-2,8H2,(H,9,10). The second-order valence-electron chi connectivity index (χ2n) is 15.6. The minimum Gasteiger partial charge on any atom is -0.478 e. The number of carbonyl (C=O) groups excluding carboxylic acids is 3. The Balaban J connectivity index is 0.000000251. The molecule has 67 heavy (non-hydrogen) atoms. The molecule has 24 heteroatoms. The van der Waals surface area contributed by atoms with Crippen molar-refractivity contribution in [3.63, 3.8) is 0 Å². The summed E-state index contributed by atoms with van der Waals surface area (Å²) in [6, 6.07) is 16.9. The van der Waals surface area contributed by atoms with Crippen LogP contribution in [0.3, 0.4) is 0 Å². The maximum absolute atomic E-state index is 12.5. The van der Waals surface area contributed by atoms with Gasteiger partial charge in [-0.1, -0.05) is 22.4 Å². The molecule has 2 aliphatic heterocycles. The molecule has 4 heterocycles. The van der Waals surface area contributed by atoms with Crippen LogP contribution in [0.2, 0.25) is 0 Å². The molecule has 2 aromatic carbocycles. The number of aryl methyl sites for hydroxylation is 4. The minimum atomic E-state index is -4.53. The summed E-state index contributed by atoms with van der Waals surface area (Å²) in [6.45, 7) is 4.40. The van der Waals surface area contributed by atoms with E-state index < -0.39 is 73.2 Å². The van der Waals surface area contributed by atoms with E-state index in [1.807, 2.05) is 66.1 Å². The van der Waals surface area contributed by atoms with E-state index in [4.69, 9.17) is 25.8 Å². The number of alkyl halides is 6. The number of rotatable bonds is 12. The molecule has 0 aliphatic carbocycles. The van der Waals surface area contributed by atoms with Gasteiger partial charge in [0.2, 0.25) is 11.8 Å². The number of nitrogens with two attached hydrogens (primary N) is 1. The van der Waals surface area contributed by atoms with Crippen LogP contribution in [0.25, 0.3) is 0 Å². The maximum atomic E-state index is 12.5. The van der Waals surface area contributed by atoms with Gasteiger partial charge in [-0.15, -0.1) is 0 Å². The highest BCUT2D eigenvalue weighted by Gasteiger charge is 2.41. The Morgan fingerprint density at radius 2 is 1.15 bits per heavy atom. The van der Waals surface area contributed by atoms with Crippen LogP contribution in [0, 0.1) is 36.5 Å². The van der Waals surface area contributed by atoms with Gasteiger partial charge in [0, 0.05) is 56.5 Å². The Kier molecular flexibility index (Phi) is 16.4. The second kappa shape index (κ2) is 21.1. The number of nitrogens with one attached hydrogen (secondary N) is 2. The van der Waals surface area contributed by atoms with Crippen LogP contribution in [-0.2, 0) is 44.6 Å². The normalized spacial score (nSPS) is 17.4. The number of hydrogen-bond acceptors (Lipinski definition) is 13. The molecule has 2 aliphatic rings. The zero-order valence-corrected chi connectivity index (χ0v) is 36.9. The molecule has 2 aromatic heterocycles. The number of Topliss-reactive ketones (excluding diaryl/α,β-unsaturated/α-hetero) is 1. The van der Waals surface area contributed by atoms with Gasteiger partial charge in [0.1, 0.15) is 19.2 Å². The van der Waals surface area contributed by atoms with E-state index in [-0.39, 0.29) is 28.7 Å². The summed E-state index contributed by atoms with van der Waals surface area (Å²) in [5.41, 5.74) is 9.62. The molecule has 0 spiro atoms. The van der Waals surface area contributed by atoms with Crippen molar-refractivity contribution < 1.29 is 60.3 Å². The van der Waals surface area contributed by atoms with E-state index in [0.717, 1.165) is 22.8 Å². The zero-order valence-electron chi connectivity index (χ0n) is 36.9. The number of carbonyl (C=O) groups is 4. The Morgan fingerprint density at radius 3 is 1.52 bits per heavy atom. The number of benzene rings is 2. The highest BCUT2D eigenvalue weighted by molar-refractivity contribution is 6.05. The molecule has 2 atom stereocenters. The first-order valence-electron chi connectivity index (χ1n) is 20.0. The molecule has 0 saturated heterocycles. The first-order chi connectivity index (χ1) is 31.2. The van der Waals surface area contributed by atoms with Gasteiger partial charge in [-0.25, -0.2) is 4.79 Å². The van der Waals surface area contributed by atoms with Crippen LogP contribution in [0.4, 0.5) is 26.3 Å². The third kappa shape index (κ3) is 13.9. The van der Waals surface area contributed by atoms with Crippen LogP contribution < -0.4 is 16.4 Å². The predicted octanol–water partition coefficient (Wildman–Crippen LogP) is 5.24. The Hall–Kier alpha value is -7.60. The summed E-state index contributed by atoms with van der Waals surface area (Å²) in [7, 11) is 3.66. The first kappa shape index (κ1) is 52.0. The molecule has 0 fully saturated rings. The fourth-order valence-corrected chi connectivity index (χ4v) is 6.86. The molecule has 0 bridgehead atoms. The quantitative estimate of drug-likeness (QED) is 0.105. The summed E-state index contributed by atoms with van der Waals surface area (Å²) in [6.07, 6.45) is -8.69. The number of carboxylic acid groups (broad SMARTS) is 1. The van der Waals surface area contributed by atoms with Crippen LogP contribution >= 0.6 is 0 Å². The van der Waals surface area contributed by atoms with Crippen molar-refractivity contribution in [1.82, 2.24) is 30.2 Å². The average molecular weight is 942 g/mol. The van der Waals surface area contributed by atoms with Gasteiger partial charge in [-0.05, 0) is 64.1 Å². The number of amides is 2. The number of oxime groups is 2. The second-order valence-corrected chi connectivity index (χ2v) is 15.6. The van der Waals surface area contributed by atoms with Crippen molar-refractivity contribution in [2.75, 3.05) is 19.6 Å². The van der Waals surface area contributed by atoms with Crippen molar-refractivity contribution in [1.29, 1.82) is 10.5 Å². The molecular formula is C43H45F6N11O7. The molecular weight excluding hydrogens is 897 g/mol. The van der Waals surface area contributed by atoms with Crippen molar-refractivity contribution in [2.24, 2.45) is 30.1 Å². The van der Waals surface area contributed by atoms with E-state index in [0.29, 0.717) is 35.4 Å². The third-order valence-corrected chi connectivity index (χ3v) is 10.0. The highest BCUT2D eigenvalue weighted by atomic mass is 19.4. The average Bonchev–Trinajstić information content (AvgIpc) is 4.05. The zero-order chi connectivity index (χ0) is 50.1. The fourth-order valence-electron chi connectivity index (χ4n) is 6.86. The van der Waals surface area contributed by atoms with Crippen molar-refractivity contribution in [3.05, 3.63) is 105 Å². The third-order valence-electron chi connectivity index (χ3n) is 10.0. The lowest BCUT2D eigenvalue weighted by molar-refractivity contribution is -0.138. The lowest BCUT2D eigenvalue weighted by atomic mass is 9.90. The number of hydrogen-bond donors (Lipinski definition) is 4. The van der Waals surface area contributed by atoms with Gasteiger partial charge >= 0.3 is 18.3 Å². The first-order valence-corrected chi connectivity index (χ1v) is 20.0. The topological polar surface area (TPSA) is 265 Å². The smallest absolute Gasteiger partial charge is 0.405 e. The van der Waals surface area contributed by atoms with Crippen LogP contribution in [-0.4, -0.2) is 91.6 Å². The molecule has 0 radical (unpaired) electrons. The summed E-state index contributed by atoms with van der Waals surface area (Å²) >= 11 is 0. The number of nitriles is 2. The van der Waals surface area contributed by atoms with E-state index in [1.165, 1.54) is 24.3 Å². The van der Waals surface area contributed by atoms with E-state index in [2.05, 4.69) is 20.5 Å². The van der Waals surface area contributed by atoms with Gasteiger partial charge in [-0.2, -0.15) is 47.1 Å². The van der Waals surface area contributed by atoms with E-state index in [1.54, 1.807) is 32.1 Å². The van der Waals surface area contributed by atoms with Crippen molar-refractivity contribution >= 4 is 35.0 Å². The van der Waals surface area contributed by atoms with Gasteiger partial charge in [-0.3, -0.25) is 23.7 Å². The summed E-state index contributed by atoms with van der Waals surface area (Å²) < 4.78 is 73.9. The lowest BCUT2D eigenvalue weighted by Gasteiger charge is -2.21. The number of ketones is 1. The van der Waals surface area contributed by atoms with E-state index in [9.17, 15) is 50.8 Å². The Bertz CT molecular complexity index is 2680. The molecule has 18 nitrogen and oxygen atoms in total. The monoisotopic (exact) mass is 941 g/mol. The number of halogens is 6. The highest BCUT2D eigenvalue weighted by Crippen LogP contribution is 2.38. The van der Waals surface area contributed by atoms with Gasteiger partial charge < -0.3 is 31.1 Å². The summed E-state index contributed by atoms with van der Waals surface area (Å²) in [4.78, 5) is 56.6. The molecule has 2 unspecified atom stereocenters. The lowest BCUT2D eigenvalue weighted by Crippen LogP contribution is -2.37. The van der Waals surface area contributed by atoms with Gasteiger partial charge in [0.05, 0.1) is 63.5 Å². The largest absolute Gasteiger partial charge is 0.478 e. The van der Waals surface area contributed by atoms with E-state index >= 15 is 0 Å². The Labute approximate surface area is 379 Å². The predicted molar refractivity (Wildman–Crippen MR) is 225 cm³/mol. The van der Waals surface area contributed by atoms with Crippen molar-refractivity contribution in [3.8, 4) is 12.1 Å². The SMILES string of the molecule is Cc1cc(C2(C)CC(c3ccc(C(=O)CCC(=O)NCC(F)(F)F)c(C#N)c3)=NO2)n(C)n1.Cc1cc(C2(C)CC(c3ccc(C(=O)O)c(C#N)c3)=NO2)n(C)n1.NCC(=O)NCC(F)(F)F. The van der Waals surface area contributed by atoms with Crippen molar-refractivity contribution in [2.45, 2.75) is 76.9 Å². The van der Waals surface area contributed by atoms with Crippen LogP contribution in [0.15, 0.2) is 58.8 Å². The molecule has 5 N–H and O–H groups in total. The molecule has 0 saturated carbocycles. The number of aromatic nitrogens is 4. The fraction of sp³-hybridized carbons (Fsp3) is 0.395. The Morgan fingerprint density at radius 1 is 0.731 bits per heavy atom. The van der Waals surface area contributed by atoms with Crippen LogP contribution in [0.1, 0.15) is 105 Å². The molecule has 356 valence electrons. The van der Waals surface area contributed by atoms with Gasteiger partial charge in [0.15, 0.2) is 17.0 Å². The maximum Gasteiger partial charge on any atom is 0.405 e. The van der Waals surface area contributed by atoms with Gasteiger partial charge in [0.25, 0.3) is 0 Å². The molecule has 6 rings (SSSR count). The minimum absolute atomic E-state index is 0.0224. The molecule has 4 aromatic rings. The number of carboxylic acids is 1.